The van der Waals surface area contributed by atoms with Crippen molar-refractivity contribution in [3.8, 4) is 0 Å². The van der Waals surface area contributed by atoms with Crippen molar-refractivity contribution in [3.05, 3.63) is 21.9 Å². The fourth-order valence-electron chi connectivity index (χ4n) is 2.95. The molecule has 0 radical (unpaired) electrons. The summed E-state index contributed by atoms with van der Waals surface area (Å²) in [7, 11) is 1.80. The van der Waals surface area contributed by atoms with Gasteiger partial charge in [0, 0.05) is 39.8 Å². The Hall–Kier alpha value is -1.73. The molecule has 3 rings (SSSR count). The van der Waals surface area contributed by atoms with Gasteiger partial charge in [-0.3, -0.25) is 19.3 Å². The zero-order chi connectivity index (χ0) is 15.9. The maximum Gasteiger partial charge on any atom is 0.264 e. The topological polar surface area (TPSA) is 60.9 Å². The van der Waals surface area contributed by atoms with Gasteiger partial charge in [-0.25, -0.2) is 0 Å². The maximum atomic E-state index is 12.6. The average Bonchev–Trinajstić information content (AvgIpc) is 3.00. The molecule has 2 saturated heterocycles. The number of ketones is 1. The van der Waals surface area contributed by atoms with E-state index in [0.717, 1.165) is 19.6 Å². The first-order chi connectivity index (χ1) is 10.5. The number of Topliss-reactive ketones (excluding diaryl/α,β-unsaturated/α-hetero) is 1. The van der Waals surface area contributed by atoms with E-state index in [4.69, 9.17) is 0 Å². The molecule has 2 amide bonds. The number of piperazine rings is 2. The maximum absolute atomic E-state index is 12.6. The number of carbonyl (C=O) groups is 3. The average molecular weight is 321 g/mol. The van der Waals surface area contributed by atoms with Crippen LogP contribution < -0.4 is 0 Å². The second-order valence-corrected chi connectivity index (χ2v) is 6.87. The van der Waals surface area contributed by atoms with E-state index >= 15 is 0 Å². The number of amides is 2. The molecule has 1 atom stereocenters. The highest BCUT2D eigenvalue weighted by Gasteiger charge is 2.38. The summed E-state index contributed by atoms with van der Waals surface area (Å²) < 4.78 is 0. The summed E-state index contributed by atoms with van der Waals surface area (Å²) in [5, 5.41) is 0. The van der Waals surface area contributed by atoms with Crippen molar-refractivity contribution in [1.29, 1.82) is 0 Å². The molecule has 1 aromatic rings. The summed E-state index contributed by atoms with van der Waals surface area (Å²) >= 11 is 1.22. The first kappa shape index (κ1) is 15.2. The third-order valence-corrected chi connectivity index (χ3v) is 5.50. The molecule has 2 fully saturated rings. The summed E-state index contributed by atoms with van der Waals surface area (Å²) in [6.45, 7) is 4.88. The van der Waals surface area contributed by atoms with Gasteiger partial charge in [0.15, 0.2) is 5.78 Å². The van der Waals surface area contributed by atoms with Gasteiger partial charge in [0.1, 0.15) is 6.04 Å². The van der Waals surface area contributed by atoms with Crippen LogP contribution in [0, 0.1) is 0 Å². The van der Waals surface area contributed by atoms with Crippen LogP contribution in [0.15, 0.2) is 12.1 Å². The lowest BCUT2D eigenvalue weighted by Crippen LogP contribution is -2.64. The lowest BCUT2D eigenvalue weighted by Gasteiger charge is -2.45. The molecule has 0 aromatic carbocycles. The molecule has 0 N–H and O–H groups in total. The second-order valence-electron chi connectivity index (χ2n) is 5.78. The Morgan fingerprint density at radius 2 is 1.82 bits per heavy atom. The summed E-state index contributed by atoms with van der Waals surface area (Å²) in [6, 6.07) is 3.16. The van der Waals surface area contributed by atoms with E-state index in [9.17, 15) is 14.4 Å². The highest BCUT2D eigenvalue weighted by Crippen LogP contribution is 2.22. The number of hydrogen-bond acceptors (Lipinski definition) is 5. The van der Waals surface area contributed by atoms with Crippen LogP contribution in [0.2, 0.25) is 0 Å². The third kappa shape index (κ3) is 2.66. The molecule has 0 unspecified atom stereocenters. The van der Waals surface area contributed by atoms with Gasteiger partial charge in [-0.15, -0.1) is 11.3 Å². The van der Waals surface area contributed by atoms with E-state index in [-0.39, 0.29) is 23.6 Å². The Morgan fingerprint density at radius 1 is 1.14 bits per heavy atom. The molecular formula is C15H19N3O3S. The molecule has 22 heavy (non-hydrogen) atoms. The summed E-state index contributed by atoms with van der Waals surface area (Å²) in [5.41, 5.74) is 0. The molecule has 0 bridgehead atoms. The van der Waals surface area contributed by atoms with Crippen LogP contribution in [-0.2, 0) is 4.79 Å². The minimum Gasteiger partial charge on any atom is -0.343 e. The zero-order valence-corrected chi connectivity index (χ0v) is 13.6. The quantitative estimate of drug-likeness (QED) is 0.747. The SMILES string of the molecule is CC(=O)c1ccc(C(=O)N2CCN3CCN(C)C(=O)[C@H]3C2)s1. The first-order valence-corrected chi connectivity index (χ1v) is 8.18. The van der Waals surface area contributed by atoms with E-state index in [0.29, 0.717) is 22.8 Å². The summed E-state index contributed by atoms with van der Waals surface area (Å²) in [4.78, 5) is 43.0. The normalized spacial score (nSPS) is 22.6. The van der Waals surface area contributed by atoms with E-state index in [1.165, 1.54) is 18.3 Å². The monoisotopic (exact) mass is 321 g/mol. The van der Waals surface area contributed by atoms with Crippen LogP contribution in [-0.4, -0.2) is 78.1 Å². The molecule has 6 nitrogen and oxygen atoms in total. The van der Waals surface area contributed by atoms with E-state index in [1.807, 2.05) is 0 Å². The minimum atomic E-state index is -0.233. The fourth-order valence-corrected chi connectivity index (χ4v) is 3.82. The van der Waals surface area contributed by atoms with Crippen molar-refractivity contribution in [2.24, 2.45) is 0 Å². The van der Waals surface area contributed by atoms with Gasteiger partial charge in [0.05, 0.1) is 9.75 Å². The van der Waals surface area contributed by atoms with Gasteiger partial charge in [-0.05, 0) is 19.1 Å². The van der Waals surface area contributed by atoms with Crippen LogP contribution in [0.25, 0.3) is 0 Å². The number of carbonyl (C=O) groups excluding carboxylic acids is 3. The number of likely N-dealkylation sites (N-methyl/N-ethyl adjacent to an activating group) is 1. The van der Waals surface area contributed by atoms with Gasteiger partial charge in [-0.1, -0.05) is 0 Å². The molecule has 3 heterocycles. The lowest BCUT2D eigenvalue weighted by atomic mass is 10.1. The zero-order valence-electron chi connectivity index (χ0n) is 12.7. The Morgan fingerprint density at radius 3 is 2.50 bits per heavy atom. The lowest BCUT2D eigenvalue weighted by molar-refractivity contribution is -0.142. The van der Waals surface area contributed by atoms with Crippen molar-refractivity contribution >= 4 is 28.9 Å². The van der Waals surface area contributed by atoms with E-state index in [1.54, 1.807) is 29.0 Å². The molecule has 7 heteroatoms. The molecule has 2 aliphatic rings. The summed E-state index contributed by atoms with van der Waals surface area (Å²) in [5.74, 6) is -0.0320. The van der Waals surface area contributed by atoms with E-state index in [2.05, 4.69) is 4.90 Å². The largest absolute Gasteiger partial charge is 0.343 e. The number of fused-ring (bicyclic) bond motifs is 1. The van der Waals surface area contributed by atoms with Crippen molar-refractivity contribution < 1.29 is 14.4 Å². The van der Waals surface area contributed by atoms with Gasteiger partial charge in [0.2, 0.25) is 5.91 Å². The number of rotatable bonds is 2. The highest BCUT2D eigenvalue weighted by atomic mass is 32.1. The fraction of sp³-hybridized carbons (Fsp3) is 0.533. The van der Waals surface area contributed by atoms with E-state index < -0.39 is 0 Å². The Labute approximate surface area is 133 Å². The molecule has 2 aliphatic heterocycles. The number of hydrogen-bond donors (Lipinski definition) is 0. The van der Waals surface area contributed by atoms with Crippen molar-refractivity contribution in [3.63, 3.8) is 0 Å². The van der Waals surface area contributed by atoms with Crippen molar-refractivity contribution in [1.82, 2.24) is 14.7 Å². The van der Waals surface area contributed by atoms with Crippen molar-refractivity contribution in [2.75, 3.05) is 39.8 Å². The van der Waals surface area contributed by atoms with Gasteiger partial charge in [0.25, 0.3) is 5.91 Å². The number of thiophene rings is 1. The highest BCUT2D eigenvalue weighted by molar-refractivity contribution is 7.15. The summed E-state index contributed by atoms with van der Waals surface area (Å²) in [6.07, 6.45) is 0. The third-order valence-electron chi connectivity index (χ3n) is 4.33. The molecule has 0 aliphatic carbocycles. The van der Waals surface area contributed by atoms with Crippen LogP contribution in [0.3, 0.4) is 0 Å². The first-order valence-electron chi connectivity index (χ1n) is 7.36. The molecule has 0 spiro atoms. The second kappa shape index (κ2) is 5.81. The Bertz CT molecular complexity index is 627. The standard InChI is InChI=1S/C15H19N3O3S/c1-10(19)12-3-4-13(22-12)15(21)18-8-7-17-6-5-16(2)14(20)11(17)9-18/h3-4,11H,5-9H2,1-2H3/t11-/m1/s1. The van der Waals surface area contributed by atoms with Crippen LogP contribution in [0.1, 0.15) is 26.3 Å². The Kier molecular flexibility index (Phi) is 4.01. The predicted molar refractivity (Wildman–Crippen MR) is 83.2 cm³/mol. The molecule has 118 valence electrons. The smallest absolute Gasteiger partial charge is 0.264 e. The van der Waals surface area contributed by atoms with Gasteiger partial charge < -0.3 is 9.80 Å². The van der Waals surface area contributed by atoms with Gasteiger partial charge >= 0.3 is 0 Å². The van der Waals surface area contributed by atoms with Crippen LogP contribution in [0.4, 0.5) is 0 Å². The number of nitrogens with zero attached hydrogens (tertiary/aromatic N) is 3. The molecule has 0 saturated carbocycles. The predicted octanol–water partition coefficient (Wildman–Crippen LogP) is 0.549. The van der Waals surface area contributed by atoms with Crippen LogP contribution >= 0.6 is 11.3 Å². The Balaban J connectivity index is 1.73. The van der Waals surface area contributed by atoms with Crippen molar-refractivity contribution in [2.45, 2.75) is 13.0 Å². The van der Waals surface area contributed by atoms with Crippen LogP contribution in [0.5, 0.6) is 0 Å². The molecule has 1 aromatic heterocycles. The molecular weight excluding hydrogens is 302 g/mol. The minimum absolute atomic E-state index is 0.0297. The van der Waals surface area contributed by atoms with Gasteiger partial charge in [-0.2, -0.15) is 0 Å².